The van der Waals surface area contributed by atoms with E-state index in [-0.39, 0.29) is 11.6 Å². The summed E-state index contributed by atoms with van der Waals surface area (Å²) in [5.74, 6) is 0.985. The zero-order chi connectivity index (χ0) is 18.5. The molecular formula is C20H21N5O2. The SMILES string of the molecule is O=C(NCc1ccco1)c1cnc(Nc2ccc(N3CCCC3)cc2)cn1. The van der Waals surface area contributed by atoms with Crippen molar-refractivity contribution in [3.63, 3.8) is 0 Å². The van der Waals surface area contributed by atoms with Gasteiger partial charge < -0.3 is 20.0 Å². The topological polar surface area (TPSA) is 83.3 Å². The Morgan fingerprint density at radius 3 is 2.56 bits per heavy atom. The fourth-order valence-electron chi connectivity index (χ4n) is 3.06. The molecule has 1 aliphatic heterocycles. The number of aromatic nitrogens is 2. The summed E-state index contributed by atoms with van der Waals surface area (Å²) >= 11 is 0. The van der Waals surface area contributed by atoms with Crippen LogP contribution in [0, 0.1) is 0 Å². The number of hydrogen-bond donors (Lipinski definition) is 2. The van der Waals surface area contributed by atoms with Crippen molar-refractivity contribution < 1.29 is 9.21 Å². The van der Waals surface area contributed by atoms with E-state index in [1.807, 2.05) is 12.1 Å². The van der Waals surface area contributed by atoms with Gasteiger partial charge in [0.25, 0.3) is 5.91 Å². The monoisotopic (exact) mass is 363 g/mol. The third-order valence-electron chi connectivity index (χ3n) is 4.50. The van der Waals surface area contributed by atoms with Crippen molar-refractivity contribution in [1.82, 2.24) is 15.3 Å². The van der Waals surface area contributed by atoms with Crippen molar-refractivity contribution in [3.8, 4) is 0 Å². The van der Waals surface area contributed by atoms with Crippen molar-refractivity contribution >= 4 is 23.1 Å². The number of amides is 1. The normalized spacial score (nSPS) is 13.6. The molecule has 1 aliphatic rings. The van der Waals surface area contributed by atoms with Crippen LogP contribution in [0.3, 0.4) is 0 Å². The van der Waals surface area contributed by atoms with Crippen LogP contribution >= 0.6 is 0 Å². The molecule has 1 saturated heterocycles. The Labute approximate surface area is 157 Å². The molecule has 0 bridgehead atoms. The third-order valence-corrected chi connectivity index (χ3v) is 4.50. The second-order valence-corrected chi connectivity index (χ2v) is 6.41. The number of carbonyl (C=O) groups is 1. The minimum absolute atomic E-state index is 0.261. The maximum Gasteiger partial charge on any atom is 0.271 e. The van der Waals surface area contributed by atoms with Gasteiger partial charge in [-0.05, 0) is 49.2 Å². The smallest absolute Gasteiger partial charge is 0.271 e. The Morgan fingerprint density at radius 2 is 1.89 bits per heavy atom. The van der Waals surface area contributed by atoms with Crippen LogP contribution in [0.15, 0.2) is 59.5 Å². The second kappa shape index (κ2) is 7.90. The van der Waals surface area contributed by atoms with E-state index in [9.17, 15) is 4.79 Å². The van der Waals surface area contributed by atoms with Crippen LogP contribution < -0.4 is 15.5 Å². The molecule has 1 amide bonds. The molecule has 2 N–H and O–H groups in total. The highest BCUT2D eigenvalue weighted by Gasteiger charge is 2.12. The summed E-state index contributed by atoms with van der Waals surface area (Å²) in [4.78, 5) is 22.9. The molecule has 3 aromatic rings. The highest BCUT2D eigenvalue weighted by atomic mass is 16.3. The lowest BCUT2D eigenvalue weighted by Gasteiger charge is -2.17. The van der Waals surface area contributed by atoms with Crippen LogP contribution in [-0.2, 0) is 6.54 Å². The lowest BCUT2D eigenvalue weighted by atomic mass is 10.2. The molecule has 138 valence electrons. The Balaban J connectivity index is 1.33. The maximum atomic E-state index is 12.1. The number of furan rings is 1. The number of rotatable bonds is 6. The molecule has 7 nitrogen and oxygen atoms in total. The molecule has 3 heterocycles. The van der Waals surface area contributed by atoms with Gasteiger partial charge in [0.05, 0.1) is 25.2 Å². The summed E-state index contributed by atoms with van der Waals surface area (Å²) in [6, 6.07) is 11.8. The molecule has 4 rings (SSSR count). The first-order valence-corrected chi connectivity index (χ1v) is 9.02. The molecular weight excluding hydrogens is 342 g/mol. The fraction of sp³-hybridized carbons (Fsp3) is 0.250. The molecule has 0 unspecified atom stereocenters. The molecule has 0 spiro atoms. The van der Waals surface area contributed by atoms with Gasteiger partial charge in [-0.25, -0.2) is 9.97 Å². The van der Waals surface area contributed by atoms with E-state index >= 15 is 0 Å². The molecule has 0 atom stereocenters. The van der Waals surface area contributed by atoms with E-state index < -0.39 is 0 Å². The van der Waals surface area contributed by atoms with Gasteiger partial charge in [0, 0.05) is 24.5 Å². The van der Waals surface area contributed by atoms with Gasteiger partial charge >= 0.3 is 0 Å². The Bertz CT molecular complexity index is 870. The van der Waals surface area contributed by atoms with Gasteiger partial charge in [-0.1, -0.05) is 0 Å². The largest absolute Gasteiger partial charge is 0.467 e. The minimum atomic E-state index is -0.291. The first-order valence-electron chi connectivity index (χ1n) is 9.02. The van der Waals surface area contributed by atoms with E-state index in [1.54, 1.807) is 24.6 Å². The number of benzene rings is 1. The van der Waals surface area contributed by atoms with Crippen molar-refractivity contribution in [2.75, 3.05) is 23.3 Å². The highest BCUT2D eigenvalue weighted by molar-refractivity contribution is 5.91. The summed E-state index contributed by atoms with van der Waals surface area (Å²) in [6.45, 7) is 2.57. The van der Waals surface area contributed by atoms with E-state index in [0.29, 0.717) is 18.1 Å². The van der Waals surface area contributed by atoms with Gasteiger partial charge in [0.2, 0.25) is 0 Å². The van der Waals surface area contributed by atoms with Crippen molar-refractivity contribution in [2.45, 2.75) is 19.4 Å². The van der Waals surface area contributed by atoms with E-state index in [2.05, 4.69) is 37.6 Å². The number of hydrogen-bond acceptors (Lipinski definition) is 6. The molecule has 7 heteroatoms. The Hall–Kier alpha value is -3.35. The molecule has 27 heavy (non-hydrogen) atoms. The summed E-state index contributed by atoms with van der Waals surface area (Å²) in [5, 5.41) is 5.95. The van der Waals surface area contributed by atoms with Gasteiger partial charge in [-0.15, -0.1) is 0 Å². The molecule has 1 aromatic carbocycles. The van der Waals surface area contributed by atoms with Crippen LogP contribution in [0.4, 0.5) is 17.2 Å². The average molecular weight is 363 g/mol. The highest BCUT2D eigenvalue weighted by Crippen LogP contribution is 2.23. The molecule has 0 saturated carbocycles. The Morgan fingerprint density at radius 1 is 1.07 bits per heavy atom. The molecule has 0 aliphatic carbocycles. The maximum absolute atomic E-state index is 12.1. The number of nitrogens with zero attached hydrogens (tertiary/aromatic N) is 3. The summed E-state index contributed by atoms with van der Waals surface area (Å²) < 4.78 is 5.18. The molecule has 2 aromatic heterocycles. The van der Waals surface area contributed by atoms with E-state index in [4.69, 9.17) is 4.42 Å². The summed E-state index contributed by atoms with van der Waals surface area (Å²) in [7, 11) is 0. The van der Waals surface area contributed by atoms with E-state index in [1.165, 1.54) is 24.7 Å². The summed E-state index contributed by atoms with van der Waals surface area (Å²) in [6.07, 6.45) is 7.10. The lowest BCUT2D eigenvalue weighted by molar-refractivity contribution is 0.0942. The zero-order valence-corrected chi connectivity index (χ0v) is 14.9. The van der Waals surface area contributed by atoms with Crippen LogP contribution in [0.1, 0.15) is 29.1 Å². The Kier molecular flexibility index (Phi) is 5.00. The quantitative estimate of drug-likeness (QED) is 0.699. The van der Waals surface area contributed by atoms with Crippen LogP contribution in [-0.4, -0.2) is 29.0 Å². The first kappa shape index (κ1) is 17.1. The molecule has 0 radical (unpaired) electrons. The standard InChI is InChI=1S/C20H21N5O2/c26-20(23-12-17-4-3-11-27-17)18-13-22-19(14-21-18)24-15-5-7-16(8-6-15)25-9-1-2-10-25/h3-8,11,13-14H,1-2,9-10,12H2,(H,22,24)(H,23,26). The van der Waals surface area contributed by atoms with Gasteiger partial charge in [-0.3, -0.25) is 4.79 Å². The molecule has 1 fully saturated rings. The van der Waals surface area contributed by atoms with Gasteiger partial charge in [0.15, 0.2) is 0 Å². The second-order valence-electron chi connectivity index (χ2n) is 6.41. The number of nitrogens with one attached hydrogen (secondary N) is 2. The van der Waals surface area contributed by atoms with Gasteiger partial charge in [0.1, 0.15) is 17.3 Å². The van der Waals surface area contributed by atoms with E-state index in [0.717, 1.165) is 18.8 Å². The predicted octanol–water partition coefficient (Wildman–Crippen LogP) is 3.34. The van der Waals surface area contributed by atoms with Crippen molar-refractivity contribution in [3.05, 3.63) is 66.5 Å². The fourth-order valence-corrected chi connectivity index (χ4v) is 3.06. The predicted molar refractivity (Wildman–Crippen MR) is 103 cm³/mol. The first-order chi connectivity index (χ1) is 13.3. The van der Waals surface area contributed by atoms with Crippen LogP contribution in [0.2, 0.25) is 0 Å². The zero-order valence-electron chi connectivity index (χ0n) is 14.9. The summed E-state index contributed by atoms with van der Waals surface area (Å²) in [5.41, 5.74) is 2.44. The van der Waals surface area contributed by atoms with Crippen molar-refractivity contribution in [1.29, 1.82) is 0 Å². The van der Waals surface area contributed by atoms with Crippen LogP contribution in [0.5, 0.6) is 0 Å². The number of anilines is 3. The number of carbonyl (C=O) groups excluding carboxylic acids is 1. The lowest BCUT2D eigenvalue weighted by Crippen LogP contribution is -2.23. The third kappa shape index (κ3) is 4.25. The minimum Gasteiger partial charge on any atom is -0.467 e. The van der Waals surface area contributed by atoms with Crippen molar-refractivity contribution in [2.24, 2.45) is 0 Å². The van der Waals surface area contributed by atoms with Gasteiger partial charge in [-0.2, -0.15) is 0 Å². The average Bonchev–Trinajstić information content (AvgIpc) is 3.41. The van der Waals surface area contributed by atoms with Crippen LogP contribution in [0.25, 0.3) is 0 Å².